The van der Waals surface area contributed by atoms with Crippen molar-refractivity contribution in [3.63, 3.8) is 0 Å². The van der Waals surface area contributed by atoms with Crippen LogP contribution in [0.5, 0.6) is 0 Å². The van der Waals surface area contributed by atoms with Crippen LogP contribution >= 0.6 is 0 Å². The van der Waals surface area contributed by atoms with E-state index in [9.17, 15) is 4.21 Å². The number of rotatable bonds is 14. The van der Waals surface area contributed by atoms with Crippen LogP contribution in [-0.4, -0.2) is 32.1 Å². The number of allylic oxidation sites excluding steroid dienone is 1. The van der Waals surface area contributed by atoms with Gasteiger partial charge in [-0.05, 0) is 0 Å². The Morgan fingerprint density at radius 3 is 1.75 bits per heavy atom. The molecule has 20 heavy (non-hydrogen) atoms. The molecular formula is C17H36OSSn. The Morgan fingerprint density at radius 1 is 0.950 bits per heavy atom. The van der Waals surface area contributed by atoms with Crippen LogP contribution in [0, 0.1) is 0 Å². The van der Waals surface area contributed by atoms with E-state index in [1.165, 1.54) is 51.8 Å². The molecule has 120 valence electrons. The number of unbranched alkanes of at least 4 members (excludes halogenated alkanes) is 3. The monoisotopic (exact) mass is 408 g/mol. The van der Waals surface area contributed by atoms with Crippen LogP contribution in [0.25, 0.3) is 0 Å². The van der Waals surface area contributed by atoms with Gasteiger partial charge in [0, 0.05) is 0 Å². The van der Waals surface area contributed by atoms with E-state index in [4.69, 9.17) is 0 Å². The zero-order valence-electron chi connectivity index (χ0n) is 14.1. The van der Waals surface area contributed by atoms with Crippen LogP contribution in [-0.2, 0) is 10.8 Å². The molecule has 1 atom stereocenters. The average molecular weight is 407 g/mol. The van der Waals surface area contributed by atoms with Gasteiger partial charge < -0.3 is 0 Å². The molecule has 0 saturated heterocycles. The van der Waals surface area contributed by atoms with E-state index in [0.717, 1.165) is 15.9 Å². The first-order chi connectivity index (χ1) is 9.64. The van der Waals surface area contributed by atoms with Gasteiger partial charge in [0.15, 0.2) is 0 Å². The zero-order chi connectivity index (χ0) is 15.3. The zero-order valence-corrected chi connectivity index (χ0v) is 17.8. The van der Waals surface area contributed by atoms with Gasteiger partial charge in [0.05, 0.1) is 0 Å². The minimum absolute atomic E-state index is 0.578. The molecule has 0 amide bonds. The van der Waals surface area contributed by atoms with Crippen LogP contribution in [0.1, 0.15) is 65.7 Å². The third kappa shape index (κ3) is 9.59. The maximum atomic E-state index is 12.4. The summed E-state index contributed by atoms with van der Waals surface area (Å²) in [5, 5.41) is 0. The molecule has 1 nitrogen and oxygen atoms in total. The molecule has 0 aliphatic heterocycles. The number of hydrogen-bond acceptors (Lipinski definition) is 1. The molecule has 0 aromatic carbocycles. The van der Waals surface area contributed by atoms with Gasteiger partial charge in [0.2, 0.25) is 0 Å². The van der Waals surface area contributed by atoms with Crippen LogP contribution in [0.2, 0.25) is 13.3 Å². The van der Waals surface area contributed by atoms with Crippen LogP contribution < -0.4 is 0 Å². The summed E-state index contributed by atoms with van der Waals surface area (Å²) in [5.74, 6) is 0.854. The fourth-order valence-corrected chi connectivity index (χ4v) is 26.9. The van der Waals surface area contributed by atoms with Gasteiger partial charge >= 0.3 is 135 Å². The van der Waals surface area contributed by atoms with E-state index in [1.807, 2.05) is 6.08 Å². The van der Waals surface area contributed by atoms with Crippen molar-refractivity contribution in [2.75, 3.05) is 9.52 Å². The van der Waals surface area contributed by atoms with E-state index < -0.39 is 29.2 Å². The van der Waals surface area contributed by atoms with E-state index in [1.54, 1.807) is 0 Å². The van der Waals surface area contributed by atoms with Gasteiger partial charge in [-0.25, -0.2) is 0 Å². The van der Waals surface area contributed by atoms with Crippen molar-refractivity contribution in [1.82, 2.24) is 0 Å². The number of hydrogen-bond donors (Lipinski definition) is 0. The Kier molecular flexibility index (Phi) is 13.8. The van der Waals surface area contributed by atoms with E-state index >= 15 is 0 Å². The molecule has 3 heteroatoms. The summed E-state index contributed by atoms with van der Waals surface area (Å²) in [6.45, 7) is 10.7. The van der Waals surface area contributed by atoms with Gasteiger partial charge in [0.25, 0.3) is 0 Å². The van der Waals surface area contributed by atoms with Gasteiger partial charge in [0.1, 0.15) is 0 Å². The minimum atomic E-state index is -2.15. The van der Waals surface area contributed by atoms with Gasteiger partial charge in [-0.3, -0.25) is 0 Å². The molecule has 0 rings (SSSR count). The SMILES string of the molecule is C=CCCS(=O)[CH2][Sn]([CH2]CCC)([CH2]CCC)[CH2]CCC. The quantitative estimate of drug-likeness (QED) is 0.267. The molecule has 0 spiro atoms. The molecule has 0 fully saturated rings. The molecule has 0 heterocycles. The predicted molar refractivity (Wildman–Crippen MR) is 97.6 cm³/mol. The molecule has 0 aromatic heterocycles. The third-order valence-electron chi connectivity index (χ3n) is 4.20. The first kappa shape index (κ1) is 20.7. The molecule has 0 saturated carbocycles. The first-order valence-electron chi connectivity index (χ1n) is 8.60. The Labute approximate surface area is 134 Å². The van der Waals surface area contributed by atoms with Crippen molar-refractivity contribution < 1.29 is 4.21 Å². The topological polar surface area (TPSA) is 17.1 Å². The normalized spacial score (nSPS) is 13.3. The van der Waals surface area contributed by atoms with Crippen molar-refractivity contribution >= 4 is 29.2 Å². The Bertz CT molecular complexity index is 244. The summed E-state index contributed by atoms with van der Waals surface area (Å²) in [6, 6.07) is 0. The molecular weight excluding hydrogens is 371 g/mol. The third-order valence-corrected chi connectivity index (χ3v) is 25.9. The summed E-state index contributed by atoms with van der Waals surface area (Å²) in [4.78, 5) is 0. The fourth-order valence-electron chi connectivity index (χ4n) is 2.88. The second-order valence-electron chi connectivity index (χ2n) is 6.18. The van der Waals surface area contributed by atoms with Gasteiger partial charge in [-0.2, -0.15) is 0 Å². The van der Waals surface area contributed by atoms with Crippen molar-refractivity contribution in [2.45, 2.75) is 79.0 Å². The molecule has 0 aliphatic carbocycles. The van der Waals surface area contributed by atoms with Crippen molar-refractivity contribution in [2.24, 2.45) is 0 Å². The molecule has 0 radical (unpaired) electrons. The van der Waals surface area contributed by atoms with Crippen molar-refractivity contribution in [3.05, 3.63) is 12.7 Å². The fraction of sp³-hybridized carbons (Fsp3) is 0.882. The van der Waals surface area contributed by atoms with E-state index in [-0.39, 0.29) is 0 Å². The van der Waals surface area contributed by atoms with Crippen LogP contribution in [0.3, 0.4) is 0 Å². The molecule has 0 aliphatic rings. The summed E-state index contributed by atoms with van der Waals surface area (Å²) in [6.07, 6.45) is 10.9. The summed E-state index contributed by atoms with van der Waals surface area (Å²) in [5.41, 5.74) is 0. The van der Waals surface area contributed by atoms with Crippen molar-refractivity contribution in [3.8, 4) is 0 Å². The van der Waals surface area contributed by atoms with E-state index in [0.29, 0.717) is 0 Å². The average Bonchev–Trinajstić information content (AvgIpc) is 2.46. The summed E-state index contributed by atoms with van der Waals surface area (Å²) in [7, 11) is -0.578. The van der Waals surface area contributed by atoms with Crippen LogP contribution in [0.4, 0.5) is 0 Å². The van der Waals surface area contributed by atoms with Gasteiger partial charge in [-0.15, -0.1) is 0 Å². The van der Waals surface area contributed by atoms with Crippen molar-refractivity contribution in [1.29, 1.82) is 0 Å². The molecule has 0 bridgehead atoms. The first-order valence-corrected chi connectivity index (χ1v) is 18.2. The molecule has 0 N–H and O–H groups in total. The standard InChI is InChI=1S/C5H9OS.3C4H9.Sn/c1-3-4-5-7(2)6;3*1-3-4-2;/h3H,1-2,4-5H2;3*1,3-4H2,2H3;. The summed E-state index contributed by atoms with van der Waals surface area (Å²) >= 11 is -2.15. The predicted octanol–water partition coefficient (Wildman–Crippen LogP) is 5.70. The van der Waals surface area contributed by atoms with E-state index in [2.05, 4.69) is 27.4 Å². The Morgan fingerprint density at radius 2 is 1.40 bits per heavy atom. The summed E-state index contributed by atoms with van der Waals surface area (Å²) < 4.78 is 18.0. The second kappa shape index (κ2) is 13.4. The maximum absolute atomic E-state index is 12.4. The van der Waals surface area contributed by atoms with Crippen LogP contribution in [0.15, 0.2) is 12.7 Å². The Hall–Kier alpha value is 0.689. The second-order valence-corrected chi connectivity index (χ2v) is 23.1. The molecule has 0 aromatic rings. The van der Waals surface area contributed by atoms with Gasteiger partial charge in [-0.1, -0.05) is 0 Å². The molecule has 1 unspecified atom stereocenters. The Balaban J connectivity index is 4.72.